The minimum atomic E-state index is -0.0502. The standard InChI is InChI=1S/C18H18N4OS2/c1-12-10-13(2)20-17(19-12)24-9-8-16(23)22-18-21-15(11-25-18)14-6-4-3-5-7-14/h3-7,10-11H,8-9H2,1-2H3,(H,21,22,23). The highest BCUT2D eigenvalue weighted by Gasteiger charge is 2.09. The van der Waals surface area contributed by atoms with E-state index in [1.165, 1.54) is 23.1 Å². The number of nitrogens with one attached hydrogen (secondary N) is 1. The Morgan fingerprint density at radius 1 is 1.12 bits per heavy atom. The fourth-order valence-corrected chi connectivity index (χ4v) is 3.87. The van der Waals surface area contributed by atoms with Gasteiger partial charge in [-0.2, -0.15) is 0 Å². The van der Waals surface area contributed by atoms with Crippen molar-refractivity contribution in [1.82, 2.24) is 15.0 Å². The summed E-state index contributed by atoms with van der Waals surface area (Å²) in [5.41, 5.74) is 3.80. The summed E-state index contributed by atoms with van der Waals surface area (Å²) in [7, 11) is 0. The van der Waals surface area contributed by atoms with Crippen LogP contribution in [0.1, 0.15) is 17.8 Å². The number of amides is 1. The molecule has 0 bridgehead atoms. The predicted octanol–water partition coefficient (Wildman–Crippen LogP) is 4.34. The summed E-state index contributed by atoms with van der Waals surface area (Å²) >= 11 is 2.92. The summed E-state index contributed by atoms with van der Waals surface area (Å²) < 4.78 is 0. The zero-order valence-electron chi connectivity index (χ0n) is 14.0. The number of thiazole rings is 1. The summed E-state index contributed by atoms with van der Waals surface area (Å²) in [6.45, 7) is 3.89. The van der Waals surface area contributed by atoms with Crippen molar-refractivity contribution in [2.45, 2.75) is 25.4 Å². The zero-order chi connectivity index (χ0) is 17.6. The van der Waals surface area contributed by atoms with Crippen LogP contribution in [0.5, 0.6) is 0 Å². The van der Waals surface area contributed by atoms with Crippen LogP contribution < -0.4 is 5.32 Å². The maximum atomic E-state index is 12.1. The monoisotopic (exact) mass is 370 g/mol. The molecule has 3 aromatic rings. The molecule has 0 fully saturated rings. The van der Waals surface area contributed by atoms with E-state index in [2.05, 4.69) is 20.3 Å². The second-order valence-corrected chi connectivity index (χ2v) is 7.40. The lowest BCUT2D eigenvalue weighted by atomic mass is 10.2. The third-order valence-electron chi connectivity index (χ3n) is 3.34. The Morgan fingerprint density at radius 2 is 1.84 bits per heavy atom. The molecular weight excluding hydrogens is 352 g/mol. The van der Waals surface area contributed by atoms with E-state index < -0.39 is 0 Å². The minimum Gasteiger partial charge on any atom is -0.302 e. The van der Waals surface area contributed by atoms with E-state index in [-0.39, 0.29) is 5.91 Å². The van der Waals surface area contributed by atoms with E-state index >= 15 is 0 Å². The first-order valence-corrected chi connectivity index (χ1v) is 9.72. The molecule has 0 saturated heterocycles. The Bertz CT molecular complexity index is 844. The smallest absolute Gasteiger partial charge is 0.226 e. The maximum absolute atomic E-state index is 12.1. The molecule has 0 saturated carbocycles. The number of thioether (sulfide) groups is 1. The van der Waals surface area contributed by atoms with Gasteiger partial charge in [-0.15, -0.1) is 11.3 Å². The van der Waals surface area contributed by atoms with Gasteiger partial charge in [-0.1, -0.05) is 42.1 Å². The van der Waals surface area contributed by atoms with E-state index in [1.54, 1.807) is 0 Å². The molecular formula is C18H18N4OS2. The quantitative estimate of drug-likeness (QED) is 0.516. The molecule has 0 atom stereocenters. The first kappa shape index (κ1) is 17.6. The molecule has 25 heavy (non-hydrogen) atoms. The van der Waals surface area contributed by atoms with Crippen LogP contribution in [-0.2, 0) is 4.79 Å². The van der Waals surface area contributed by atoms with Gasteiger partial charge >= 0.3 is 0 Å². The van der Waals surface area contributed by atoms with Gasteiger partial charge in [-0.3, -0.25) is 4.79 Å². The molecule has 5 nitrogen and oxygen atoms in total. The zero-order valence-corrected chi connectivity index (χ0v) is 15.7. The molecule has 2 aromatic heterocycles. The SMILES string of the molecule is Cc1cc(C)nc(SCCC(=O)Nc2nc(-c3ccccc3)cs2)n1. The molecule has 1 aromatic carbocycles. The Balaban J connectivity index is 1.50. The maximum Gasteiger partial charge on any atom is 0.226 e. The average Bonchev–Trinajstić information content (AvgIpc) is 3.03. The molecule has 0 unspecified atom stereocenters. The van der Waals surface area contributed by atoms with Crippen LogP contribution in [0, 0.1) is 13.8 Å². The highest BCUT2D eigenvalue weighted by Crippen LogP contribution is 2.24. The molecule has 0 aliphatic carbocycles. The van der Waals surface area contributed by atoms with Crippen molar-refractivity contribution in [2.75, 3.05) is 11.1 Å². The molecule has 1 N–H and O–H groups in total. The van der Waals surface area contributed by atoms with E-state index in [0.29, 0.717) is 22.5 Å². The number of carbonyl (C=O) groups is 1. The van der Waals surface area contributed by atoms with Crippen LogP contribution in [0.15, 0.2) is 46.9 Å². The van der Waals surface area contributed by atoms with Crippen molar-refractivity contribution in [3.8, 4) is 11.3 Å². The van der Waals surface area contributed by atoms with Crippen LogP contribution in [-0.4, -0.2) is 26.6 Å². The molecule has 0 spiro atoms. The van der Waals surface area contributed by atoms with Crippen LogP contribution in [0.2, 0.25) is 0 Å². The minimum absolute atomic E-state index is 0.0502. The number of benzene rings is 1. The van der Waals surface area contributed by atoms with Gasteiger partial charge in [-0.25, -0.2) is 15.0 Å². The number of aryl methyl sites for hydroxylation is 2. The first-order chi connectivity index (χ1) is 12.1. The van der Waals surface area contributed by atoms with Gasteiger partial charge in [0.25, 0.3) is 0 Å². The van der Waals surface area contributed by atoms with E-state index in [4.69, 9.17) is 0 Å². The molecule has 0 aliphatic rings. The van der Waals surface area contributed by atoms with E-state index in [1.807, 2.05) is 55.6 Å². The van der Waals surface area contributed by atoms with E-state index in [9.17, 15) is 4.79 Å². The second-order valence-electron chi connectivity index (χ2n) is 5.48. The molecule has 0 radical (unpaired) electrons. The number of nitrogens with zero attached hydrogens (tertiary/aromatic N) is 3. The van der Waals surface area contributed by atoms with Crippen molar-refractivity contribution in [2.24, 2.45) is 0 Å². The van der Waals surface area contributed by atoms with Crippen molar-refractivity contribution in [3.05, 3.63) is 53.2 Å². The highest BCUT2D eigenvalue weighted by molar-refractivity contribution is 7.99. The number of anilines is 1. The number of hydrogen-bond donors (Lipinski definition) is 1. The third kappa shape index (κ3) is 5.11. The van der Waals surface area contributed by atoms with Crippen LogP contribution in [0.4, 0.5) is 5.13 Å². The summed E-state index contributed by atoms with van der Waals surface area (Å²) in [6.07, 6.45) is 0.390. The summed E-state index contributed by atoms with van der Waals surface area (Å²) in [5.74, 6) is 0.580. The molecule has 7 heteroatoms. The van der Waals surface area contributed by atoms with Crippen molar-refractivity contribution in [1.29, 1.82) is 0 Å². The molecule has 128 valence electrons. The van der Waals surface area contributed by atoms with Crippen LogP contribution in [0.25, 0.3) is 11.3 Å². The van der Waals surface area contributed by atoms with Gasteiger partial charge in [0, 0.05) is 34.5 Å². The molecule has 1 amide bonds. The average molecular weight is 371 g/mol. The normalized spacial score (nSPS) is 10.6. The number of aromatic nitrogens is 3. The Hall–Kier alpha value is -2.25. The van der Waals surface area contributed by atoms with Gasteiger partial charge < -0.3 is 5.32 Å². The Kier molecular flexibility index (Phi) is 5.78. The fraction of sp³-hybridized carbons (Fsp3) is 0.222. The fourth-order valence-electron chi connectivity index (χ4n) is 2.25. The van der Waals surface area contributed by atoms with Gasteiger partial charge in [0.2, 0.25) is 5.91 Å². The van der Waals surface area contributed by atoms with Crippen molar-refractivity contribution in [3.63, 3.8) is 0 Å². The Morgan fingerprint density at radius 3 is 2.56 bits per heavy atom. The topological polar surface area (TPSA) is 67.8 Å². The summed E-state index contributed by atoms with van der Waals surface area (Å²) in [4.78, 5) is 25.3. The lowest BCUT2D eigenvalue weighted by Crippen LogP contribution is -2.12. The lowest BCUT2D eigenvalue weighted by Gasteiger charge is -2.03. The number of hydrogen-bond acceptors (Lipinski definition) is 6. The molecule has 0 aliphatic heterocycles. The largest absolute Gasteiger partial charge is 0.302 e. The van der Waals surface area contributed by atoms with Crippen LogP contribution >= 0.6 is 23.1 Å². The number of carbonyl (C=O) groups excluding carboxylic acids is 1. The van der Waals surface area contributed by atoms with Crippen LogP contribution in [0.3, 0.4) is 0 Å². The van der Waals surface area contributed by atoms with Crippen molar-refractivity contribution < 1.29 is 4.79 Å². The lowest BCUT2D eigenvalue weighted by molar-refractivity contribution is -0.115. The first-order valence-electron chi connectivity index (χ1n) is 7.86. The highest BCUT2D eigenvalue weighted by atomic mass is 32.2. The predicted molar refractivity (Wildman–Crippen MR) is 103 cm³/mol. The van der Waals surface area contributed by atoms with Gasteiger partial charge in [-0.05, 0) is 19.9 Å². The van der Waals surface area contributed by atoms with Crippen molar-refractivity contribution >= 4 is 34.1 Å². The summed E-state index contributed by atoms with van der Waals surface area (Å²) in [6, 6.07) is 11.8. The molecule has 2 heterocycles. The third-order valence-corrected chi connectivity index (χ3v) is 4.95. The van der Waals surface area contributed by atoms with Gasteiger partial charge in [0.15, 0.2) is 10.3 Å². The van der Waals surface area contributed by atoms with E-state index in [0.717, 1.165) is 22.6 Å². The van der Waals surface area contributed by atoms with Gasteiger partial charge in [0.05, 0.1) is 5.69 Å². The Labute approximate surface area is 155 Å². The molecule has 3 rings (SSSR count). The number of rotatable bonds is 6. The summed E-state index contributed by atoms with van der Waals surface area (Å²) in [5, 5.41) is 6.14. The van der Waals surface area contributed by atoms with Gasteiger partial charge in [0.1, 0.15) is 0 Å². The second kappa shape index (κ2) is 8.22.